The number of piperidine rings is 1. The molecule has 1 amide bonds. The molecule has 0 aliphatic carbocycles. The number of methoxy groups -OCH3 is 1. The van der Waals surface area contributed by atoms with Crippen molar-refractivity contribution in [1.29, 1.82) is 0 Å². The molecule has 0 aromatic heterocycles. The van der Waals surface area contributed by atoms with Crippen LogP contribution in [0.2, 0.25) is 0 Å². The van der Waals surface area contributed by atoms with Gasteiger partial charge >= 0.3 is 5.97 Å². The van der Waals surface area contributed by atoms with E-state index in [0.717, 1.165) is 25.8 Å². The average molecular weight is 299 g/mol. The summed E-state index contributed by atoms with van der Waals surface area (Å²) in [4.78, 5) is 23.4. The number of esters is 1. The molecule has 6 heteroatoms. The van der Waals surface area contributed by atoms with Gasteiger partial charge < -0.3 is 15.4 Å². The largest absolute Gasteiger partial charge is 0.465 e. The smallest absolute Gasteiger partial charge is 0.337 e. The molecule has 0 radical (unpaired) electrons. The summed E-state index contributed by atoms with van der Waals surface area (Å²) in [7, 11) is 1.33. The number of hydrogen-bond acceptors (Lipinski definition) is 4. The van der Waals surface area contributed by atoms with Crippen molar-refractivity contribution < 1.29 is 14.3 Å². The van der Waals surface area contributed by atoms with Crippen LogP contribution in [0, 0.1) is 0 Å². The van der Waals surface area contributed by atoms with Crippen molar-refractivity contribution in [2.24, 2.45) is 0 Å². The standard InChI is InChI=1S/C14H18N2O3.ClH/c1-19-14(18)10-5-4-6-11(9-10)16-13(17)12-7-2-3-8-15-12;/h4-6,9,12,15H,2-3,7-8H2,1H3,(H,16,17);1H/t12-;/m0./s1. The van der Waals surface area contributed by atoms with Gasteiger partial charge in [0.25, 0.3) is 0 Å². The fourth-order valence-electron chi connectivity index (χ4n) is 2.15. The van der Waals surface area contributed by atoms with Crippen LogP contribution < -0.4 is 10.6 Å². The first-order valence-electron chi connectivity index (χ1n) is 6.43. The van der Waals surface area contributed by atoms with Gasteiger partial charge in [0, 0.05) is 5.69 Å². The van der Waals surface area contributed by atoms with Crippen molar-refractivity contribution >= 4 is 30.0 Å². The van der Waals surface area contributed by atoms with Crippen LogP contribution >= 0.6 is 12.4 Å². The van der Waals surface area contributed by atoms with E-state index in [1.807, 2.05) is 0 Å². The summed E-state index contributed by atoms with van der Waals surface area (Å²) in [5, 5.41) is 6.01. The third kappa shape index (κ3) is 4.21. The lowest BCUT2D eigenvalue weighted by molar-refractivity contribution is -0.118. The maximum atomic E-state index is 12.0. The maximum absolute atomic E-state index is 12.0. The maximum Gasteiger partial charge on any atom is 0.337 e. The molecule has 0 spiro atoms. The number of anilines is 1. The molecule has 0 unspecified atom stereocenters. The van der Waals surface area contributed by atoms with Gasteiger partial charge in [-0.05, 0) is 37.6 Å². The fraction of sp³-hybridized carbons (Fsp3) is 0.429. The van der Waals surface area contributed by atoms with E-state index in [-0.39, 0.29) is 24.4 Å². The Morgan fingerprint density at radius 2 is 2.15 bits per heavy atom. The van der Waals surface area contributed by atoms with Crippen LogP contribution in [0.1, 0.15) is 29.6 Å². The molecule has 1 fully saturated rings. The predicted octanol–water partition coefficient (Wildman–Crippen LogP) is 1.98. The summed E-state index contributed by atoms with van der Waals surface area (Å²) in [5.74, 6) is -0.464. The van der Waals surface area contributed by atoms with Gasteiger partial charge in [-0.15, -0.1) is 12.4 Å². The molecule has 1 atom stereocenters. The molecular weight excluding hydrogens is 280 g/mol. The number of amides is 1. The lowest BCUT2D eigenvalue weighted by Gasteiger charge is -2.22. The quantitative estimate of drug-likeness (QED) is 0.837. The molecule has 1 aliphatic rings. The van der Waals surface area contributed by atoms with E-state index < -0.39 is 5.97 Å². The molecule has 110 valence electrons. The van der Waals surface area contributed by atoms with Gasteiger partial charge in [0.1, 0.15) is 0 Å². The van der Waals surface area contributed by atoms with E-state index in [2.05, 4.69) is 15.4 Å². The molecule has 1 saturated heterocycles. The van der Waals surface area contributed by atoms with Crippen LogP contribution in [0.5, 0.6) is 0 Å². The zero-order valence-corrected chi connectivity index (χ0v) is 12.2. The van der Waals surface area contributed by atoms with E-state index in [9.17, 15) is 9.59 Å². The number of carbonyl (C=O) groups is 2. The number of hydrogen-bond donors (Lipinski definition) is 2. The van der Waals surface area contributed by atoms with Gasteiger partial charge in [0.05, 0.1) is 18.7 Å². The van der Waals surface area contributed by atoms with Gasteiger partial charge in [0.15, 0.2) is 0 Å². The zero-order valence-electron chi connectivity index (χ0n) is 11.3. The number of ether oxygens (including phenoxy) is 1. The summed E-state index contributed by atoms with van der Waals surface area (Å²) in [6.45, 7) is 0.875. The highest BCUT2D eigenvalue weighted by molar-refractivity contribution is 5.97. The molecule has 1 heterocycles. The van der Waals surface area contributed by atoms with Crippen molar-refractivity contribution in [3.05, 3.63) is 29.8 Å². The molecule has 0 saturated carbocycles. The Morgan fingerprint density at radius 3 is 2.80 bits per heavy atom. The first kappa shape index (κ1) is 16.5. The number of nitrogens with one attached hydrogen (secondary N) is 2. The molecule has 1 aromatic carbocycles. The second kappa shape index (κ2) is 7.87. The Labute approximate surface area is 124 Å². The Hall–Kier alpha value is -1.59. The SMILES string of the molecule is COC(=O)c1cccc(NC(=O)[C@@H]2CCCCN2)c1.Cl. The lowest BCUT2D eigenvalue weighted by Crippen LogP contribution is -2.43. The molecule has 5 nitrogen and oxygen atoms in total. The first-order chi connectivity index (χ1) is 9.20. The summed E-state index contributed by atoms with van der Waals surface area (Å²) >= 11 is 0. The minimum Gasteiger partial charge on any atom is -0.465 e. The summed E-state index contributed by atoms with van der Waals surface area (Å²) in [6, 6.07) is 6.60. The van der Waals surface area contributed by atoms with Crippen molar-refractivity contribution in [2.45, 2.75) is 25.3 Å². The van der Waals surface area contributed by atoms with Crippen molar-refractivity contribution in [3.63, 3.8) is 0 Å². The van der Waals surface area contributed by atoms with Gasteiger partial charge in [-0.3, -0.25) is 4.79 Å². The minimum atomic E-state index is -0.410. The van der Waals surface area contributed by atoms with Crippen LogP contribution in [0.3, 0.4) is 0 Å². The van der Waals surface area contributed by atoms with E-state index in [1.165, 1.54) is 7.11 Å². The van der Waals surface area contributed by atoms with E-state index in [1.54, 1.807) is 24.3 Å². The van der Waals surface area contributed by atoms with Crippen molar-refractivity contribution in [2.75, 3.05) is 19.0 Å². The van der Waals surface area contributed by atoms with E-state index in [0.29, 0.717) is 11.3 Å². The predicted molar refractivity (Wildman–Crippen MR) is 79.3 cm³/mol. The molecule has 1 aromatic rings. The average Bonchev–Trinajstić information content (AvgIpc) is 2.47. The van der Waals surface area contributed by atoms with Crippen LogP contribution in [-0.4, -0.2) is 31.6 Å². The highest BCUT2D eigenvalue weighted by Crippen LogP contribution is 2.14. The zero-order chi connectivity index (χ0) is 13.7. The van der Waals surface area contributed by atoms with Crippen LogP contribution in [0.25, 0.3) is 0 Å². The molecule has 2 N–H and O–H groups in total. The van der Waals surface area contributed by atoms with Crippen molar-refractivity contribution in [1.82, 2.24) is 5.32 Å². The number of carbonyl (C=O) groups excluding carboxylic acids is 2. The van der Waals surface area contributed by atoms with Gasteiger partial charge in [-0.25, -0.2) is 4.79 Å². The van der Waals surface area contributed by atoms with Gasteiger partial charge in [0.2, 0.25) is 5.91 Å². The van der Waals surface area contributed by atoms with Crippen molar-refractivity contribution in [3.8, 4) is 0 Å². The van der Waals surface area contributed by atoms with Crippen LogP contribution in [0.4, 0.5) is 5.69 Å². The summed E-state index contributed by atoms with van der Waals surface area (Å²) < 4.78 is 4.65. The number of rotatable bonds is 3. The normalized spacial score (nSPS) is 17.8. The second-order valence-electron chi connectivity index (χ2n) is 4.56. The fourth-order valence-corrected chi connectivity index (χ4v) is 2.15. The van der Waals surface area contributed by atoms with E-state index >= 15 is 0 Å². The van der Waals surface area contributed by atoms with Crippen LogP contribution in [-0.2, 0) is 9.53 Å². The Morgan fingerprint density at radius 1 is 1.35 bits per heavy atom. The lowest BCUT2D eigenvalue weighted by atomic mass is 10.0. The first-order valence-corrected chi connectivity index (χ1v) is 6.43. The molecular formula is C14H19ClN2O3. The highest BCUT2D eigenvalue weighted by Gasteiger charge is 2.20. The minimum absolute atomic E-state index is 0. The topological polar surface area (TPSA) is 67.4 Å². The van der Waals surface area contributed by atoms with Gasteiger partial charge in [-0.1, -0.05) is 12.5 Å². The highest BCUT2D eigenvalue weighted by atomic mass is 35.5. The van der Waals surface area contributed by atoms with Crippen LogP contribution in [0.15, 0.2) is 24.3 Å². The monoisotopic (exact) mass is 298 g/mol. The molecule has 0 bridgehead atoms. The Balaban J connectivity index is 0.00000200. The van der Waals surface area contributed by atoms with Gasteiger partial charge in [-0.2, -0.15) is 0 Å². The Kier molecular flexibility index (Phi) is 6.48. The number of halogens is 1. The number of benzene rings is 1. The molecule has 2 rings (SSSR count). The molecule has 1 aliphatic heterocycles. The Bertz CT molecular complexity index is 473. The van der Waals surface area contributed by atoms with E-state index in [4.69, 9.17) is 0 Å². The molecule has 20 heavy (non-hydrogen) atoms. The summed E-state index contributed by atoms with van der Waals surface area (Å²) in [5.41, 5.74) is 1.04. The third-order valence-electron chi connectivity index (χ3n) is 3.18. The summed E-state index contributed by atoms with van der Waals surface area (Å²) in [6.07, 6.45) is 3.03. The second-order valence-corrected chi connectivity index (χ2v) is 4.56. The third-order valence-corrected chi connectivity index (χ3v) is 3.18.